The van der Waals surface area contributed by atoms with E-state index in [1.807, 2.05) is 34.6 Å². The second-order valence-corrected chi connectivity index (χ2v) is 7.76. The third-order valence-corrected chi connectivity index (χ3v) is 4.76. The molecule has 1 rings (SSSR count). The van der Waals surface area contributed by atoms with E-state index in [1.54, 1.807) is 0 Å². The summed E-state index contributed by atoms with van der Waals surface area (Å²) in [4.78, 5) is 24.7. The van der Waals surface area contributed by atoms with Crippen LogP contribution in [0, 0.1) is 22.7 Å². The fourth-order valence-electron chi connectivity index (χ4n) is 2.96. The molecule has 2 heteroatoms. The van der Waals surface area contributed by atoms with Gasteiger partial charge in [-0.25, -0.2) is 0 Å². The van der Waals surface area contributed by atoms with Crippen molar-refractivity contribution >= 4 is 11.6 Å². The average Bonchev–Trinajstić information content (AvgIpc) is 2.36. The molecule has 0 N–H and O–H groups in total. The summed E-state index contributed by atoms with van der Waals surface area (Å²) in [5.74, 6) is 1.12. The molecule has 19 heavy (non-hydrogen) atoms. The molecule has 1 fully saturated rings. The molecule has 0 aliphatic heterocycles. The molecule has 0 saturated heterocycles. The van der Waals surface area contributed by atoms with Crippen LogP contribution in [0.15, 0.2) is 0 Å². The van der Waals surface area contributed by atoms with Gasteiger partial charge in [0.25, 0.3) is 0 Å². The van der Waals surface area contributed by atoms with Gasteiger partial charge in [0.15, 0.2) is 0 Å². The van der Waals surface area contributed by atoms with Crippen LogP contribution in [0.1, 0.15) is 73.6 Å². The molecule has 0 aromatic rings. The van der Waals surface area contributed by atoms with Crippen LogP contribution in [0.4, 0.5) is 0 Å². The first-order valence-electron chi connectivity index (χ1n) is 7.68. The summed E-state index contributed by atoms with van der Waals surface area (Å²) in [6.45, 7) is 12.1. The maximum Gasteiger partial charge on any atom is 0.141 e. The maximum atomic E-state index is 12.4. The van der Waals surface area contributed by atoms with E-state index in [0.29, 0.717) is 11.6 Å². The van der Waals surface area contributed by atoms with E-state index in [9.17, 15) is 9.59 Å². The Balaban J connectivity index is 2.59. The minimum Gasteiger partial charge on any atom is -0.299 e. The van der Waals surface area contributed by atoms with Gasteiger partial charge in [-0.1, -0.05) is 41.5 Å². The van der Waals surface area contributed by atoms with Crippen molar-refractivity contribution in [1.82, 2.24) is 0 Å². The Morgan fingerprint density at radius 1 is 0.842 bits per heavy atom. The van der Waals surface area contributed by atoms with Gasteiger partial charge >= 0.3 is 0 Å². The summed E-state index contributed by atoms with van der Waals surface area (Å²) in [6, 6.07) is 0. The van der Waals surface area contributed by atoms with Crippen molar-refractivity contribution in [3.63, 3.8) is 0 Å². The first-order chi connectivity index (χ1) is 8.59. The molecule has 0 bridgehead atoms. The predicted octanol–water partition coefficient (Wildman–Crippen LogP) is 4.41. The van der Waals surface area contributed by atoms with Crippen molar-refractivity contribution in [3.05, 3.63) is 0 Å². The summed E-state index contributed by atoms with van der Waals surface area (Å²) in [7, 11) is 0. The third-order valence-electron chi connectivity index (χ3n) is 4.76. The minimum atomic E-state index is -0.246. The lowest BCUT2D eigenvalue weighted by Crippen LogP contribution is -2.36. The van der Waals surface area contributed by atoms with Gasteiger partial charge < -0.3 is 0 Å². The molecule has 1 aliphatic carbocycles. The smallest absolute Gasteiger partial charge is 0.141 e. The highest BCUT2D eigenvalue weighted by Crippen LogP contribution is 2.38. The summed E-state index contributed by atoms with van der Waals surface area (Å²) in [5, 5.41) is 0. The Bertz CT molecular complexity index is 339. The first kappa shape index (κ1) is 16.4. The van der Waals surface area contributed by atoms with Crippen molar-refractivity contribution < 1.29 is 9.59 Å². The fourth-order valence-corrected chi connectivity index (χ4v) is 2.96. The minimum absolute atomic E-state index is 0.175. The van der Waals surface area contributed by atoms with Gasteiger partial charge in [-0.15, -0.1) is 0 Å². The van der Waals surface area contributed by atoms with Gasteiger partial charge in [0.1, 0.15) is 11.6 Å². The van der Waals surface area contributed by atoms with Crippen molar-refractivity contribution in [2.24, 2.45) is 22.7 Å². The Kier molecular flexibility index (Phi) is 4.97. The quantitative estimate of drug-likeness (QED) is 0.755. The van der Waals surface area contributed by atoms with Gasteiger partial charge in [0.2, 0.25) is 0 Å². The molecule has 0 spiro atoms. The number of carbonyl (C=O) groups is 2. The van der Waals surface area contributed by atoms with Crippen LogP contribution in [0.5, 0.6) is 0 Å². The largest absolute Gasteiger partial charge is 0.299 e. The van der Waals surface area contributed by atoms with Crippen molar-refractivity contribution in [2.45, 2.75) is 73.6 Å². The Morgan fingerprint density at radius 3 is 1.53 bits per heavy atom. The zero-order valence-corrected chi connectivity index (χ0v) is 13.5. The Hall–Kier alpha value is -0.660. The lowest BCUT2D eigenvalue weighted by atomic mass is 9.69. The molecule has 1 aliphatic rings. The van der Waals surface area contributed by atoms with Gasteiger partial charge in [-0.2, -0.15) is 0 Å². The topological polar surface area (TPSA) is 34.1 Å². The number of carbonyl (C=O) groups excluding carboxylic acids is 2. The number of rotatable bonds is 4. The molecular weight excluding hydrogens is 236 g/mol. The lowest BCUT2D eigenvalue weighted by Gasteiger charge is -2.34. The highest BCUT2D eigenvalue weighted by Gasteiger charge is 2.38. The van der Waals surface area contributed by atoms with Crippen molar-refractivity contribution in [1.29, 1.82) is 0 Å². The third kappa shape index (κ3) is 3.90. The molecule has 110 valence electrons. The summed E-state index contributed by atoms with van der Waals surface area (Å²) in [5.41, 5.74) is -0.449. The van der Waals surface area contributed by atoms with Crippen LogP contribution >= 0.6 is 0 Å². The van der Waals surface area contributed by atoms with Crippen molar-refractivity contribution in [3.8, 4) is 0 Å². The highest BCUT2D eigenvalue weighted by atomic mass is 16.1. The van der Waals surface area contributed by atoms with Gasteiger partial charge in [0.05, 0.1) is 0 Å². The summed E-state index contributed by atoms with van der Waals surface area (Å²) < 4.78 is 0. The maximum absolute atomic E-state index is 12.4. The number of hydrogen-bond acceptors (Lipinski definition) is 2. The van der Waals surface area contributed by atoms with E-state index in [-0.39, 0.29) is 22.7 Å². The molecule has 0 aromatic carbocycles. The Labute approximate surface area is 118 Å². The normalized spacial score (nSPS) is 25.2. The molecule has 2 nitrogen and oxygen atoms in total. The number of Topliss-reactive ketones (excluding diaryl/α,β-unsaturated/α-hetero) is 2. The van der Waals surface area contributed by atoms with Crippen LogP contribution in [0.3, 0.4) is 0 Å². The molecule has 0 amide bonds. The summed E-state index contributed by atoms with van der Waals surface area (Å²) in [6.07, 6.45) is 4.48. The number of ketones is 2. The number of hydrogen-bond donors (Lipinski definition) is 0. The average molecular weight is 266 g/mol. The first-order valence-corrected chi connectivity index (χ1v) is 7.68. The van der Waals surface area contributed by atoms with Gasteiger partial charge in [0, 0.05) is 22.7 Å². The molecule has 0 atom stereocenters. The van der Waals surface area contributed by atoms with E-state index in [2.05, 4.69) is 6.92 Å². The van der Waals surface area contributed by atoms with E-state index >= 15 is 0 Å². The monoisotopic (exact) mass is 266 g/mol. The zero-order chi connectivity index (χ0) is 14.8. The fraction of sp³-hybridized carbons (Fsp3) is 0.882. The van der Waals surface area contributed by atoms with Crippen LogP contribution in [-0.4, -0.2) is 11.6 Å². The molecule has 0 aromatic heterocycles. The second-order valence-electron chi connectivity index (χ2n) is 7.76. The molecule has 1 saturated carbocycles. The Morgan fingerprint density at radius 2 is 1.21 bits per heavy atom. The van der Waals surface area contributed by atoms with Gasteiger partial charge in [-0.3, -0.25) is 9.59 Å². The van der Waals surface area contributed by atoms with Crippen LogP contribution in [0.25, 0.3) is 0 Å². The van der Waals surface area contributed by atoms with E-state index in [4.69, 9.17) is 0 Å². The molecule has 0 heterocycles. The lowest BCUT2D eigenvalue weighted by molar-refractivity contribution is -0.136. The van der Waals surface area contributed by atoms with E-state index < -0.39 is 0 Å². The standard InChI is InChI=1S/C17H30O2/c1-7-17(5,6)15(19)13-10-8-12(9-11-13)14(18)16(2,3)4/h12-13H,7-11H2,1-6H3. The van der Waals surface area contributed by atoms with Crippen LogP contribution in [-0.2, 0) is 9.59 Å². The SMILES string of the molecule is CCC(C)(C)C(=O)C1CCC(C(=O)C(C)(C)C)CC1. The second kappa shape index (κ2) is 5.76. The van der Waals surface area contributed by atoms with Crippen LogP contribution in [0.2, 0.25) is 0 Å². The zero-order valence-electron chi connectivity index (χ0n) is 13.5. The molecular formula is C17H30O2. The van der Waals surface area contributed by atoms with Gasteiger partial charge in [-0.05, 0) is 32.1 Å². The summed E-state index contributed by atoms with van der Waals surface area (Å²) >= 11 is 0. The van der Waals surface area contributed by atoms with Crippen molar-refractivity contribution in [2.75, 3.05) is 0 Å². The van der Waals surface area contributed by atoms with E-state index in [1.165, 1.54) is 0 Å². The van der Waals surface area contributed by atoms with Crippen LogP contribution < -0.4 is 0 Å². The van der Waals surface area contributed by atoms with E-state index in [0.717, 1.165) is 32.1 Å². The highest BCUT2D eigenvalue weighted by molar-refractivity contribution is 5.88. The molecule has 0 radical (unpaired) electrons. The predicted molar refractivity (Wildman–Crippen MR) is 79.0 cm³/mol. The molecule has 0 unspecified atom stereocenters.